The van der Waals surface area contributed by atoms with Crippen LogP contribution in [0.25, 0.3) is 0 Å². The average molecular weight is 398 g/mol. The van der Waals surface area contributed by atoms with Crippen molar-refractivity contribution in [3.63, 3.8) is 0 Å². The van der Waals surface area contributed by atoms with Crippen molar-refractivity contribution in [3.05, 3.63) is 47.0 Å². The molecule has 156 valence electrons. The summed E-state index contributed by atoms with van der Waals surface area (Å²) in [6.07, 6.45) is 7.28. The van der Waals surface area contributed by atoms with Crippen LogP contribution in [0.1, 0.15) is 81.9 Å². The van der Waals surface area contributed by atoms with Crippen LogP contribution in [0.15, 0.2) is 24.3 Å². The Labute approximate surface area is 165 Å². The van der Waals surface area contributed by atoms with Gasteiger partial charge in [0.1, 0.15) is 0 Å². The second-order valence-corrected chi connectivity index (χ2v) is 8.24. The first kappa shape index (κ1) is 21.4. The van der Waals surface area contributed by atoms with Crippen LogP contribution in [0.2, 0.25) is 0 Å². The topological polar surface area (TPSA) is 9.23 Å². The van der Waals surface area contributed by atoms with E-state index in [2.05, 4.69) is 19.1 Å². The molecule has 0 spiro atoms. The van der Waals surface area contributed by atoms with Gasteiger partial charge in [0.2, 0.25) is 0 Å². The van der Waals surface area contributed by atoms with Crippen molar-refractivity contribution in [2.24, 2.45) is 11.8 Å². The van der Waals surface area contributed by atoms with Gasteiger partial charge in [-0.3, -0.25) is 0 Å². The van der Waals surface area contributed by atoms with Crippen molar-refractivity contribution < 1.29 is 22.3 Å². The molecule has 2 aliphatic rings. The van der Waals surface area contributed by atoms with Gasteiger partial charge in [-0.2, -0.15) is 0 Å². The molecule has 4 atom stereocenters. The molecule has 0 radical (unpaired) electrons. The van der Waals surface area contributed by atoms with Crippen LogP contribution in [0, 0.1) is 23.5 Å². The first-order valence-electron chi connectivity index (χ1n) is 10.5. The van der Waals surface area contributed by atoms with Gasteiger partial charge >= 0.3 is 0 Å². The highest BCUT2D eigenvalue weighted by Gasteiger charge is 2.46. The summed E-state index contributed by atoms with van der Waals surface area (Å²) >= 11 is 0. The number of allylic oxidation sites excluding steroid dienone is 1. The third-order valence-electron chi connectivity index (χ3n) is 6.33. The van der Waals surface area contributed by atoms with E-state index in [-0.39, 0.29) is 35.8 Å². The second kappa shape index (κ2) is 8.98. The summed E-state index contributed by atoms with van der Waals surface area (Å²) in [7, 11) is 0. The Bertz CT molecular complexity index is 692. The molecule has 2 fully saturated rings. The molecule has 0 aromatic heterocycles. The Kier molecular flexibility index (Phi) is 6.85. The first-order valence-corrected chi connectivity index (χ1v) is 10.5. The summed E-state index contributed by atoms with van der Waals surface area (Å²) < 4.78 is 64.5. The fourth-order valence-corrected chi connectivity index (χ4v) is 4.57. The fourth-order valence-electron chi connectivity index (χ4n) is 4.57. The summed E-state index contributed by atoms with van der Waals surface area (Å²) in [6, 6.07) is 2.80. The molecule has 1 aromatic rings. The Morgan fingerprint density at radius 1 is 1.04 bits per heavy atom. The molecule has 1 heterocycles. The molecule has 3 rings (SSSR count). The monoisotopic (exact) mass is 398 g/mol. The van der Waals surface area contributed by atoms with Gasteiger partial charge in [-0.15, -0.1) is 0 Å². The normalized spacial score (nSPS) is 30.6. The third-order valence-corrected chi connectivity index (χ3v) is 6.33. The van der Waals surface area contributed by atoms with E-state index in [0.29, 0.717) is 25.9 Å². The number of halogens is 4. The molecule has 1 aliphatic carbocycles. The van der Waals surface area contributed by atoms with Crippen molar-refractivity contribution in [2.75, 3.05) is 6.61 Å². The van der Waals surface area contributed by atoms with Gasteiger partial charge in [-0.1, -0.05) is 44.6 Å². The average Bonchev–Trinajstić information content (AvgIpc) is 2.69. The minimum atomic E-state index is -3.01. The zero-order chi connectivity index (χ0) is 20.3. The molecular formula is C23H30F4O. The number of hydrogen-bond acceptors (Lipinski definition) is 1. The highest BCUT2D eigenvalue weighted by Crippen LogP contribution is 2.49. The zero-order valence-corrected chi connectivity index (χ0v) is 16.7. The first-order chi connectivity index (χ1) is 13.4. The molecule has 1 saturated carbocycles. The van der Waals surface area contributed by atoms with Crippen LogP contribution in [-0.2, 0) is 4.74 Å². The largest absolute Gasteiger partial charge is 0.373 e. The zero-order valence-electron chi connectivity index (χ0n) is 16.7. The van der Waals surface area contributed by atoms with Crippen LogP contribution in [0.5, 0.6) is 0 Å². The van der Waals surface area contributed by atoms with Gasteiger partial charge in [-0.25, -0.2) is 17.6 Å². The van der Waals surface area contributed by atoms with E-state index in [9.17, 15) is 17.6 Å². The Morgan fingerprint density at radius 3 is 2.36 bits per heavy atom. The lowest BCUT2D eigenvalue weighted by atomic mass is 9.74. The second-order valence-electron chi connectivity index (χ2n) is 8.24. The van der Waals surface area contributed by atoms with Gasteiger partial charge in [0, 0.05) is 17.9 Å². The SMILES string of the molecule is CC/C=C/C1CCC(c2ccc(C3CCC(CC)CC3(F)F)c(F)c2F)OC1. The minimum Gasteiger partial charge on any atom is -0.373 e. The van der Waals surface area contributed by atoms with Gasteiger partial charge < -0.3 is 4.74 Å². The number of benzene rings is 1. The standard InChI is InChI=1S/C23H30F4O/c1-3-5-6-16-8-12-20(28-14-16)18-10-9-17(21(24)22(18)25)19-11-7-15(4-2)13-23(19,26)27/h5-6,9-10,15-16,19-20H,3-4,7-8,11-14H2,1-2H3/b6-5+. The van der Waals surface area contributed by atoms with Crippen molar-refractivity contribution in [2.45, 2.75) is 76.7 Å². The van der Waals surface area contributed by atoms with Crippen LogP contribution < -0.4 is 0 Å². The fraction of sp³-hybridized carbons (Fsp3) is 0.652. The lowest BCUT2D eigenvalue weighted by Crippen LogP contribution is -2.34. The highest BCUT2D eigenvalue weighted by atomic mass is 19.3. The van der Waals surface area contributed by atoms with Crippen LogP contribution >= 0.6 is 0 Å². The van der Waals surface area contributed by atoms with Crippen LogP contribution in [0.3, 0.4) is 0 Å². The molecule has 0 N–H and O–H groups in total. The van der Waals surface area contributed by atoms with Gasteiger partial charge in [-0.05, 0) is 43.6 Å². The van der Waals surface area contributed by atoms with E-state index in [1.165, 1.54) is 12.1 Å². The van der Waals surface area contributed by atoms with Gasteiger partial charge in [0.25, 0.3) is 5.92 Å². The molecule has 4 unspecified atom stereocenters. The van der Waals surface area contributed by atoms with E-state index in [0.717, 1.165) is 12.8 Å². The maximum atomic E-state index is 14.8. The van der Waals surface area contributed by atoms with E-state index in [4.69, 9.17) is 4.74 Å². The number of hydrogen-bond donors (Lipinski definition) is 0. The quantitative estimate of drug-likeness (QED) is 0.373. The highest BCUT2D eigenvalue weighted by molar-refractivity contribution is 5.32. The number of rotatable bonds is 5. The van der Waals surface area contributed by atoms with Gasteiger partial charge in [0.05, 0.1) is 18.6 Å². The summed E-state index contributed by atoms with van der Waals surface area (Å²) in [6.45, 7) is 4.41. The van der Waals surface area contributed by atoms with Crippen molar-refractivity contribution in [3.8, 4) is 0 Å². The van der Waals surface area contributed by atoms with Crippen molar-refractivity contribution in [1.82, 2.24) is 0 Å². The summed E-state index contributed by atoms with van der Waals surface area (Å²) in [5.74, 6) is -6.19. The third kappa shape index (κ3) is 4.45. The molecule has 28 heavy (non-hydrogen) atoms. The van der Waals surface area contributed by atoms with Crippen molar-refractivity contribution in [1.29, 1.82) is 0 Å². The van der Waals surface area contributed by atoms with Crippen molar-refractivity contribution >= 4 is 0 Å². The maximum absolute atomic E-state index is 14.8. The Hall–Kier alpha value is -1.36. The smallest absolute Gasteiger partial charge is 0.255 e. The van der Waals surface area contributed by atoms with E-state index in [1.54, 1.807) is 0 Å². The predicted molar refractivity (Wildman–Crippen MR) is 103 cm³/mol. The number of ether oxygens (including phenoxy) is 1. The molecular weight excluding hydrogens is 368 g/mol. The van der Waals surface area contributed by atoms with Crippen LogP contribution in [0.4, 0.5) is 17.6 Å². The lowest BCUT2D eigenvalue weighted by Gasteiger charge is -2.36. The van der Waals surface area contributed by atoms with E-state index < -0.39 is 29.6 Å². The molecule has 1 aromatic carbocycles. The van der Waals surface area contributed by atoms with Gasteiger partial charge in [0.15, 0.2) is 11.6 Å². The summed E-state index contributed by atoms with van der Waals surface area (Å²) in [5, 5.41) is 0. The Balaban J connectivity index is 1.76. The molecule has 1 saturated heterocycles. The predicted octanol–water partition coefficient (Wildman–Crippen LogP) is 7.33. The molecule has 0 bridgehead atoms. The molecule has 0 amide bonds. The van der Waals surface area contributed by atoms with E-state index >= 15 is 0 Å². The summed E-state index contributed by atoms with van der Waals surface area (Å²) in [5.41, 5.74) is -0.0508. The van der Waals surface area contributed by atoms with E-state index in [1.807, 2.05) is 6.92 Å². The number of alkyl halides is 2. The minimum absolute atomic E-state index is 0.0521. The Morgan fingerprint density at radius 2 is 1.75 bits per heavy atom. The lowest BCUT2D eigenvalue weighted by molar-refractivity contribution is -0.0739. The molecule has 1 nitrogen and oxygen atoms in total. The molecule has 5 heteroatoms. The van der Waals surface area contributed by atoms with Crippen LogP contribution in [-0.4, -0.2) is 12.5 Å². The summed E-state index contributed by atoms with van der Waals surface area (Å²) in [4.78, 5) is 0. The maximum Gasteiger partial charge on any atom is 0.255 e. The molecule has 1 aliphatic heterocycles.